The van der Waals surface area contributed by atoms with Crippen molar-refractivity contribution in [2.45, 2.75) is 31.1 Å². The highest BCUT2D eigenvalue weighted by Gasteiger charge is 2.61. The number of ether oxygens (including phenoxy) is 3. The summed E-state index contributed by atoms with van der Waals surface area (Å²) in [6, 6.07) is 0.304. The van der Waals surface area contributed by atoms with E-state index in [4.69, 9.17) is 14.2 Å². The van der Waals surface area contributed by atoms with Crippen molar-refractivity contribution in [3.63, 3.8) is 0 Å². The first kappa shape index (κ1) is 10.5. The van der Waals surface area contributed by atoms with Crippen LogP contribution in [0, 0.1) is 11.8 Å². The molecule has 0 radical (unpaired) electrons. The van der Waals surface area contributed by atoms with E-state index in [1.807, 2.05) is 0 Å². The van der Waals surface area contributed by atoms with Crippen LogP contribution in [0.15, 0.2) is 0 Å². The van der Waals surface area contributed by atoms with E-state index in [2.05, 4.69) is 14.8 Å². The lowest BCUT2D eigenvalue weighted by molar-refractivity contribution is -0.119. The fraction of sp³-hybridized carbons (Fsp3) is 1.00. The molecule has 2 aliphatic rings. The molecule has 2 fully saturated rings. The molecule has 5 atom stereocenters. The van der Waals surface area contributed by atoms with Gasteiger partial charge in [0.25, 0.3) is 0 Å². The van der Waals surface area contributed by atoms with Gasteiger partial charge in [0.15, 0.2) is 0 Å². The van der Waals surface area contributed by atoms with Gasteiger partial charge in [0.1, 0.15) is 13.4 Å². The van der Waals surface area contributed by atoms with E-state index in [1.165, 1.54) is 0 Å². The third-order valence-corrected chi connectivity index (χ3v) is 3.80. The van der Waals surface area contributed by atoms with Gasteiger partial charge in [-0.15, -0.1) is 0 Å². The van der Waals surface area contributed by atoms with E-state index in [1.54, 1.807) is 14.2 Å². The molecule has 0 spiro atoms. The summed E-state index contributed by atoms with van der Waals surface area (Å²) in [5.74, 6) is 1.22. The van der Waals surface area contributed by atoms with Crippen LogP contribution in [-0.2, 0) is 14.2 Å². The zero-order valence-electron chi connectivity index (χ0n) is 9.45. The number of rotatable bonds is 3. The molecule has 14 heavy (non-hydrogen) atoms. The summed E-state index contributed by atoms with van der Waals surface area (Å²) in [5, 5.41) is 0. The zero-order valence-corrected chi connectivity index (χ0v) is 9.45. The summed E-state index contributed by atoms with van der Waals surface area (Å²) >= 11 is 0. The second kappa shape index (κ2) is 3.51. The number of hydrogen-bond acceptors (Lipinski definition) is 3. The van der Waals surface area contributed by atoms with Crippen LogP contribution in [0.25, 0.3) is 0 Å². The molecule has 3 unspecified atom stereocenters. The fourth-order valence-electron chi connectivity index (χ4n) is 3.51. The average molecular weight is 198 g/mol. The first-order valence-corrected chi connectivity index (χ1v) is 5.34. The molecule has 3 nitrogen and oxygen atoms in total. The second-order valence-corrected chi connectivity index (χ2v) is 4.74. The van der Waals surface area contributed by atoms with Crippen molar-refractivity contribution >= 4 is 7.85 Å². The van der Waals surface area contributed by atoms with E-state index in [9.17, 15) is 0 Å². The molecule has 4 heteroatoms. The molecule has 0 aromatic rings. The number of fused-ring (bicyclic) bond motifs is 2. The maximum Gasteiger partial charge on any atom is 0.139 e. The van der Waals surface area contributed by atoms with Gasteiger partial charge in [0, 0.05) is 26.1 Å². The summed E-state index contributed by atoms with van der Waals surface area (Å²) in [4.78, 5) is 0. The summed E-state index contributed by atoms with van der Waals surface area (Å²) in [5.41, 5.74) is -0.174. The predicted molar refractivity (Wildman–Crippen MR) is 56.1 cm³/mol. The van der Waals surface area contributed by atoms with Crippen molar-refractivity contribution in [3.8, 4) is 0 Å². The molecule has 80 valence electrons. The van der Waals surface area contributed by atoms with Crippen molar-refractivity contribution in [1.29, 1.82) is 0 Å². The van der Waals surface area contributed by atoms with Gasteiger partial charge in [-0.2, -0.15) is 0 Å². The highest BCUT2D eigenvalue weighted by Crippen LogP contribution is 2.51. The van der Waals surface area contributed by atoms with Gasteiger partial charge in [-0.25, -0.2) is 0 Å². The van der Waals surface area contributed by atoms with Gasteiger partial charge in [-0.1, -0.05) is 6.92 Å². The smallest absolute Gasteiger partial charge is 0.139 e. The van der Waals surface area contributed by atoms with Gasteiger partial charge in [0.2, 0.25) is 0 Å². The van der Waals surface area contributed by atoms with Crippen LogP contribution in [0.5, 0.6) is 0 Å². The first-order chi connectivity index (χ1) is 6.64. The van der Waals surface area contributed by atoms with Crippen LogP contribution in [0.2, 0.25) is 0 Å². The molecule has 0 aromatic heterocycles. The van der Waals surface area contributed by atoms with Crippen LogP contribution < -0.4 is 0 Å². The molecule has 1 aliphatic heterocycles. The molecule has 1 saturated heterocycles. The van der Waals surface area contributed by atoms with Crippen molar-refractivity contribution in [1.82, 2.24) is 0 Å². The highest BCUT2D eigenvalue weighted by molar-refractivity contribution is 6.11. The Morgan fingerprint density at radius 2 is 2.21 bits per heavy atom. The molecular formula is C10H19BO3. The minimum Gasteiger partial charge on any atom is -0.382 e. The van der Waals surface area contributed by atoms with Gasteiger partial charge in [-0.3, -0.25) is 0 Å². The Balaban J connectivity index is 2.23. The monoisotopic (exact) mass is 198 g/mol. The maximum atomic E-state index is 6.01. The summed E-state index contributed by atoms with van der Waals surface area (Å²) in [7, 11) is 5.65. The molecule has 1 heterocycles. The minimum absolute atomic E-state index is 0.174. The number of hydrogen-bond donors (Lipinski definition) is 0. The molecule has 1 saturated carbocycles. The zero-order chi connectivity index (χ0) is 10.3. The van der Waals surface area contributed by atoms with Crippen LogP contribution >= 0.6 is 0 Å². The summed E-state index contributed by atoms with van der Waals surface area (Å²) in [6.07, 6.45) is 1.28. The van der Waals surface area contributed by atoms with Crippen molar-refractivity contribution in [2.24, 2.45) is 11.8 Å². The Bertz CT molecular complexity index is 209. The van der Waals surface area contributed by atoms with Crippen molar-refractivity contribution in [3.05, 3.63) is 0 Å². The van der Waals surface area contributed by atoms with E-state index >= 15 is 0 Å². The lowest BCUT2D eigenvalue weighted by Gasteiger charge is -2.32. The van der Waals surface area contributed by atoms with Gasteiger partial charge >= 0.3 is 0 Å². The lowest BCUT2D eigenvalue weighted by atomic mass is 9.80. The van der Waals surface area contributed by atoms with E-state index in [-0.39, 0.29) is 11.7 Å². The molecule has 2 bridgehead atoms. The molecular weight excluding hydrogens is 179 g/mol. The average Bonchev–Trinajstić information content (AvgIpc) is 2.51. The third-order valence-electron chi connectivity index (χ3n) is 3.80. The first-order valence-electron chi connectivity index (χ1n) is 5.34. The Kier molecular flexibility index (Phi) is 2.62. The lowest BCUT2D eigenvalue weighted by Crippen LogP contribution is -2.43. The predicted octanol–water partition coefficient (Wildman–Crippen LogP) is 0.0320. The Morgan fingerprint density at radius 3 is 2.71 bits per heavy atom. The fourth-order valence-corrected chi connectivity index (χ4v) is 3.51. The largest absolute Gasteiger partial charge is 0.382 e. The molecule has 0 amide bonds. The van der Waals surface area contributed by atoms with Crippen LogP contribution in [0.1, 0.15) is 13.3 Å². The molecule has 0 N–H and O–H groups in total. The summed E-state index contributed by atoms with van der Waals surface area (Å²) in [6.45, 7) is 2.93. The van der Waals surface area contributed by atoms with Gasteiger partial charge < -0.3 is 14.2 Å². The topological polar surface area (TPSA) is 27.7 Å². The van der Waals surface area contributed by atoms with E-state index in [0.29, 0.717) is 24.4 Å². The van der Waals surface area contributed by atoms with Crippen LogP contribution in [0.4, 0.5) is 0 Å². The summed E-state index contributed by atoms with van der Waals surface area (Å²) < 4.78 is 16.9. The van der Waals surface area contributed by atoms with Crippen LogP contribution in [0.3, 0.4) is 0 Å². The van der Waals surface area contributed by atoms with E-state index in [0.717, 1.165) is 6.42 Å². The van der Waals surface area contributed by atoms with Crippen molar-refractivity contribution < 1.29 is 14.2 Å². The normalized spacial score (nSPS) is 51.4. The Hall–Kier alpha value is -0.0551. The van der Waals surface area contributed by atoms with Crippen molar-refractivity contribution in [2.75, 3.05) is 20.8 Å². The molecule has 0 aromatic carbocycles. The van der Waals surface area contributed by atoms with E-state index < -0.39 is 0 Å². The Labute approximate surface area is 86.5 Å². The highest BCUT2D eigenvalue weighted by atomic mass is 16.6. The third kappa shape index (κ3) is 1.24. The minimum atomic E-state index is -0.174. The molecule has 2 rings (SSSR count). The van der Waals surface area contributed by atoms with Crippen LogP contribution in [-0.4, -0.2) is 46.4 Å². The molecule has 1 aliphatic carbocycles. The standard InChI is InChI=1S/C10H19BO3/c1-6-4-10(5-12-2)8(13-3)7(6)9(11)14-10/h6-9H,4-5,11H2,1-3H3/t6?,7?,8?,9-,10-/m1/s1. The second-order valence-electron chi connectivity index (χ2n) is 4.74. The van der Waals surface area contributed by atoms with Gasteiger partial charge in [0.05, 0.1) is 12.7 Å². The number of methoxy groups -OCH3 is 2. The SMILES string of the molecule is B[C@@H]1O[C@@]2(COC)CC(C)C1C2OC. The van der Waals surface area contributed by atoms with Gasteiger partial charge in [-0.05, 0) is 12.3 Å². The Morgan fingerprint density at radius 1 is 1.50 bits per heavy atom. The quantitative estimate of drug-likeness (QED) is 0.599. The maximum absolute atomic E-state index is 6.01.